The Bertz CT molecular complexity index is 1140. The van der Waals surface area contributed by atoms with Crippen LogP contribution in [0.2, 0.25) is 0 Å². The van der Waals surface area contributed by atoms with Crippen LogP contribution < -0.4 is 0 Å². The number of hydrogen-bond acceptors (Lipinski definition) is 3. The molecule has 148 valence electrons. The molecule has 1 amide bonds. The zero-order valence-electron chi connectivity index (χ0n) is 16.6. The monoisotopic (exact) mass is 387 g/mol. The molecule has 1 atom stereocenters. The van der Waals surface area contributed by atoms with Gasteiger partial charge in [0.2, 0.25) is 5.91 Å². The minimum atomic E-state index is 0.196. The standard InChI is InChI=1S/C23H25N5O/c1-16-8-9-21-18(13-16)14-24-28(21)12-10-22(29)27-11-4-5-17(15-27)23-25-19-6-2-3-7-20(19)26-23/h2-3,6-9,13-14,17H,4-5,10-12,15H2,1H3,(H,25,26). The number of fused-ring (bicyclic) bond motifs is 2. The average Bonchev–Trinajstić information content (AvgIpc) is 3.35. The number of rotatable bonds is 4. The number of carbonyl (C=O) groups excluding carboxylic acids is 1. The van der Waals surface area contributed by atoms with Crippen LogP contribution in [0.1, 0.15) is 36.6 Å². The zero-order chi connectivity index (χ0) is 19.8. The molecule has 6 heteroatoms. The molecule has 1 unspecified atom stereocenters. The Balaban J connectivity index is 1.25. The van der Waals surface area contributed by atoms with E-state index in [1.165, 1.54) is 5.56 Å². The molecule has 1 saturated heterocycles. The number of aryl methyl sites for hydroxylation is 2. The quantitative estimate of drug-likeness (QED) is 0.575. The Labute approximate surface area is 169 Å². The van der Waals surface area contributed by atoms with E-state index in [4.69, 9.17) is 4.98 Å². The first-order chi connectivity index (χ1) is 14.2. The number of nitrogens with one attached hydrogen (secondary N) is 1. The van der Waals surface area contributed by atoms with Gasteiger partial charge in [-0.25, -0.2) is 4.98 Å². The van der Waals surface area contributed by atoms with Gasteiger partial charge in [0.05, 0.1) is 29.3 Å². The number of nitrogens with zero attached hydrogens (tertiary/aromatic N) is 4. The van der Waals surface area contributed by atoms with Gasteiger partial charge in [-0.3, -0.25) is 9.48 Å². The molecule has 1 aliphatic rings. The van der Waals surface area contributed by atoms with Gasteiger partial charge >= 0.3 is 0 Å². The Kier molecular flexibility index (Phi) is 4.54. The number of imidazole rings is 1. The van der Waals surface area contributed by atoms with Gasteiger partial charge in [-0.15, -0.1) is 0 Å². The lowest BCUT2D eigenvalue weighted by atomic mass is 9.97. The molecular weight excluding hydrogens is 362 g/mol. The van der Waals surface area contributed by atoms with E-state index in [1.54, 1.807) is 0 Å². The summed E-state index contributed by atoms with van der Waals surface area (Å²) in [5.41, 5.74) is 4.36. The van der Waals surface area contributed by atoms with Crippen molar-refractivity contribution in [3.05, 3.63) is 60.0 Å². The van der Waals surface area contributed by atoms with Crippen LogP contribution in [-0.2, 0) is 11.3 Å². The highest BCUT2D eigenvalue weighted by molar-refractivity contribution is 5.80. The Hall–Kier alpha value is -3.15. The van der Waals surface area contributed by atoms with Crippen molar-refractivity contribution >= 4 is 27.8 Å². The van der Waals surface area contributed by atoms with Gasteiger partial charge in [0.15, 0.2) is 0 Å². The second-order valence-electron chi connectivity index (χ2n) is 8.00. The lowest BCUT2D eigenvalue weighted by Crippen LogP contribution is -2.39. The van der Waals surface area contributed by atoms with Gasteiger partial charge in [-0.1, -0.05) is 23.8 Å². The summed E-state index contributed by atoms with van der Waals surface area (Å²) in [5, 5.41) is 5.60. The predicted octanol–water partition coefficient (Wildman–Crippen LogP) is 4.02. The summed E-state index contributed by atoms with van der Waals surface area (Å²) in [6.07, 6.45) is 4.42. The third kappa shape index (κ3) is 3.50. The van der Waals surface area contributed by atoms with Crippen molar-refractivity contribution in [1.82, 2.24) is 24.6 Å². The maximum Gasteiger partial charge on any atom is 0.224 e. The van der Waals surface area contributed by atoms with E-state index in [0.717, 1.165) is 53.7 Å². The summed E-state index contributed by atoms with van der Waals surface area (Å²) in [6.45, 7) is 4.25. The van der Waals surface area contributed by atoms with Gasteiger partial charge in [0, 0.05) is 30.8 Å². The number of aromatic amines is 1. The van der Waals surface area contributed by atoms with Crippen LogP contribution in [0.15, 0.2) is 48.7 Å². The number of amides is 1. The van der Waals surface area contributed by atoms with Gasteiger partial charge in [-0.2, -0.15) is 5.10 Å². The van der Waals surface area contributed by atoms with Gasteiger partial charge in [0.1, 0.15) is 5.82 Å². The van der Waals surface area contributed by atoms with E-state index in [2.05, 4.69) is 35.2 Å². The van der Waals surface area contributed by atoms with E-state index in [1.807, 2.05) is 40.0 Å². The molecule has 3 heterocycles. The number of hydrogen-bond donors (Lipinski definition) is 1. The van der Waals surface area contributed by atoms with Gasteiger partial charge in [0.25, 0.3) is 0 Å². The van der Waals surface area contributed by atoms with E-state index in [9.17, 15) is 4.79 Å². The van der Waals surface area contributed by atoms with E-state index in [0.29, 0.717) is 13.0 Å². The molecule has 4 aromatic rings. The summed E-state index contributed by atoms with van der Waals surface area (Å²) >= 11 is 0. The van der Waals surface area contributed by atoms with Crippen LogP contribution in [-0.4, -0.2) is 43.6 Å². The van der Waals surface area contributed by atoms with Crippen molar-refractivity contribution < 1.29 is 4.79 Å². The number of benzene rings is 2. The van der Waals surface area contributed by atoms with E-state index in [-0.39, 0.29) is 11.8 Å². The van der Waals surface area contributed by atoms with Crippen molar-refractivity contribution in [2.75, 3.05) is 13.1 Å². The molecule has 0 spiro atoms. The molecule has 29 heavy (non-hydrogen) atoms. The van der Waals surface area contributed by atoms with Crippen LogP contribution in [0.5, 0.6) is 0 Å². The number of H-pyrrole nitrogens is 1. The smallest absolute Gasteiger partial charge is 0.224 e. The number of para-hydroxylation sites is 2. The molecule has 1 fully saturated rings. The van der Waals surface area contributed by atoms with Crippen molar-refractivity contribution in [3.63, 3.8) is 0 Å². The molecule has 0 saturated carbocycles. The highest BCUT2D eigenvalue weighted by atomic mass is 16.2. The first-order valence-corrected chi connectivity index (χ1v) is 10.3. The van der Waals surface area contributed by atoms with Crippen LogP contribution in [0.3, 0.4) is 0 Å². The molecule has 0 aliphatic carbocycles. The fourth-order valence-electron chi connectivity index (χ4n) is 4.34. The largest absolute Gasteiger partial charge is 0.342 e. The van der Waals surface area contributed by atoms with Crippen molar-refractivity contribution in [3.8, 4) is 0 Å². The van der Waals surface area contributed by atoms with Crippen LogP contribution >= 0.6 is 0 Å². The zero-order valence-corrected chi connectivity index (χ0v) is 16.6. The Morgan fingerprint density at radius 2 is 2.14 bits per heavy atom. The molecule has 2 aromatic heterocycles. The first-order valence-electron chi connectivity index (χ1n) is 10.3. The topological polar surface area (TPSA) is 66.8 Å². The van der Waals surface area contributed by atoms with Crippen molar-refractivity contribution in [2.45, 2.75) is 38.6 Å². The Morgan fingerprint density at radius 1 is 1.24 bits per heavy atom. The Morgan fingerprint density at radius 3 is 3.03 bits per heavy atom. The van der Waals surface area contributed by atoms with E-state index >= 15 is 0 Å². The molecule has 2 aromatic carbocycles. The minimum Gasteiger partial charge on any atom is -0.342 e. The molecule has 0 bridgehead atoms. The predicted molar refractivity (Wildman–Crippen MR) is 114 cm³/mol. The van der Waals surface area contributed by atoms with E-state index < -0.39 is 0 Å². The highest BCUT2D eigenvalue weighted by Gasteiger charge is 2.26. The molecule has 1 aliphatic heterocycles. The normalized spacial score (nSPS) is 17.3. The molecule has 0 radical (unpaired) electrons. The number of likely N-dealkylation sites (tertiary alicyclic amines) is 1. The fourth-order valence-corrected chi connectivity index (χ4v) is 4.34. The van der Waals surface area contributed by atoms with Crippen molar-refractivity contribution in [1.29, 1.82) is 0 Å². The van der Waals surface area contributed by atoms with Crippen LogP contribution in [0, 0.1) is 6.92 Å². The second kappa shape index (κ2) is 7.35. The summed E-state index contributed by atoms with van der Waals surface area (Å²) < 4.78 is 1.94. The lowest BCUT2D eigenvalue weighted by molar-refractivity contribution is -0.132. The van der Waals surface area contributed by atoms with Crippen molar-refractivity contribution in [2.24, 2.45) is 0 Å². The summed E-state index contributed by atoms with van der Waals surface area (Å²) in [4.78, 5) is 23.1. The SMILES string of the molecule is Cc1ccc2c(cnn2CCC(=O)N2CCCC(c3nc4ccccc4[nH]3)C2)c1. The van der Waals surface area contributed by atoms with Gasteiger partial charge < -0.3 is 9.88 Å². The maximum atomic E-state index is 12.9. The molecule has 6 nitrogen and oxygen atoms in total. The summed E-state index contributed by atoms with van der Waals surface area (Å²) in [7, 11) is 0. The minimum absolute atomic E-state index is 0.196. The second-order valence-corrected chi connectivity index (χ2v) is 8.00. The number of aromatic nitrogens is 4. The maximum absolute atomic E-state index is 12.9. The van der Waals surface area contributed by atoms with Crippen LogP contribution in [0.4, 0.5) is 0 Å². The fraction of sp³-hybridized carbons (Fsp3) is 0.348. The lowest BCUT2D eigenvalue weighted by Gasteiger charge is -2.32. The van der Waals surface area contributed by atoms with Gasteiger partial charge in [-0.05, 0) is 44.0 Å². The third-order valence-electron chi connectivity index (χ3n) is 5.90. The molecule has 5 rings (SSSR count). The average molecular weight is 387 g/mol. The third-order valence-corrected chi connectivity index (χ3v) is 5.90. The first kappa shape index (κ1) is 17.9. The van der Waals surface area contributed by atoms with Crippen LogP contribution in [0.25, 0.3) is 21.9 Å². The number of piperidine rings is 1. The number of carbonyl (C=O) groups is 1. The summed E-state index contributed by atoms with van der Waals surface area (Å²) in [6, 6.07) is 14.4. The molecule has 1 N–H and O–H groups in total. The highest BCUT2D eigenvalue weighted by Crippen LogP contribution is 2.27. The summed E-state index contributed by atoms with van der Waals surface area (Å²) in [5.74, 6) is 1.47. The molecular formula is C23H25N5O.